The minimum Gasteiger partial charge on any atom is -0.244 e. The summed E-state index contributed by atoms with van der Waals surface area (Å²) < 4.78 is 18.8. The highest BCUT2D eigenvalue weighted by atomic mass is 32.2. The van der Waals surface area contributed by atoms with Gasteiger partial charge in [-0.1, -0.05) is 66.2 Å². The van der Waals surface area contributed by atoms with Crippen LogP contribution in [0.25, 0.3) is 0 Å². The van der Waals surface area contributed by atoms with Crippen molar-refractivity contribution in [1.29, 1.82) is 0 Å². The van der Waals surface area contributed by atoms with E-state index in [1.54, 1.807) is 0 Å². The molecule has 3 heteroatoms. The Kier molecular flexibility index (Phi) is 5.05. The van der Waals surface area contributed by atoms with E-state index < -0.39 is 9.73 Å². The van der Waals surface area contributed by atoms with Crippen LogP contribution >= 0.6 is 0 Å². The fourth-order valence-corrected chi connectivity index (χ4v) is 5.21. The molecule has 3 aromatic rings. The number of benzene rings is 3. The zero-order chi connectivity index (χ0) is 17.9. The molecule has 25 heavy (non-hydrogen) atoms. The van der Waals surface area contributed by atoms with Crippen LogP contribution in [-0.2, 0) is 15.5 Å². The highest BCUT2D eigenvalue weighted by Crippen LogP contribution is 2.30. The van der Waals surface area contributed by atoms with E-state index in [-0.39, 0.29) is 0 Å². The fourth-order valence-electron chi connectivity index (χ4n) is 3.07. The second-order valence-corrected chi connectivity index (χ2v) is 8.65. The molecule has 0 aliphatic carbocycles. The van der Waals surface area contributed by atoms with Gasteiger partial charge in [-0.05, 0) is 49.6 Å². The van der Waals surface area contributed by atoms with Crippen LogP contribution in [0.5, 0.6) is 0 Å². The largest absolute Gasteiger partial charge is 0.244 e. The van der Waals surface area contributed by atoms with E-state index in [2.05, 4.69) is 19.1 Å². The predicted molar refractivity (Wildman–Crippen MR) is 106 cm³/mol. The maximum atomic E-state index is 13.9. The third-order valence-electron chi connectivity index (χ3n) is 4.19. The molecular weight excluding hydrogens is 326 g/mol. The maximum absolute atomic E-state index is 13.9. The molecule has 0 spiro atoms. The molecule has 0 saturated heterocycles. The minimum absolute atomic E-state index is 0.407. The molecule has 1 unspecified atom stereocenters. The molecule has 0 heterocycles. The summed E-state index contributed by atoms with van der Waals surface area (Å²) in [5, 5.41) is 0. The van der Waals surface area contributed by atoms with Gasteiger partial charge in [-0.15, -0.1) is 0 Å². The molecule has 0 amide bonds. The van der Waals surface area contributed by atoms with Crippen LogP contribution in [0, 0.1) is 20.8 Å². The number of nitrogens with zero attached hydrogens (tertiary/aromatic N) is 1. The van der Waals surface area contributed by atoms with Gasteiger partial charge in [-0.3, -0.25) is 0 Å². The summed E-state index contributed by atoms with van der Waals surface area (Å²) in [7, 11) is -2.61. The Morgan fingerprint density at radius 1 is 0.800 bits per heavy atom. The van der Waals surface area contributed by atoms with Crippen LogP contribution in [0.1, 0.15) is 22.3 Å². The molecule has 3 aromatic carbocycles. The van der Waals surface area contributed by atoms with E-state index in [9.17, 15) is 4.21 Å². The third kappa shape index (κ3) is 3.99. The molecule has 0 saturated carbocycles. The average molecular weight is 349 g/mol. The SMILES string of the molecule is Cc1cc(C)c(N=S(=O)(Cc2ccccc2)c2ccccc2)c(C)c1. The van der Waals surface area contributed by atoms with Crippen molar-refractivity contribution in [2.24, 2.45) is 4.36 Å². The van der Waals surface area contributed by atoms with Crippen molar-refractivity contribution in [2.45, 2.75) is 31.4 Å². The van der Waals surface area contributed by atoms with Gasteiger partial charge in [0.2, 0.25) is 0 Å². The predicted octanol–water partition coefficient (Wildman–Crippen LogP) is 5.97. The summed E-state index contributed by atoms with van der Waals surface area (Å²) in [5.41, 5.74) is 5.20. The van der Waals surface area contributed by atoms with Crippen molar-refractivity contribution in [2.75, 3.05) is 0 Å². The second kappa shape index (κ2) is 7.24. The zero-order valence-corrected chi connectivity index (χ0v) is 15.7. The van der Waals surface area contributed by atoms with Gasteiger partial charge in [0.1, 0.15) is 0 Å². The van der Waals surface area contributed by atoms with Gasteiger partial charge >= 0.3 is 0 Å². The lowest BCUT2D eigenvalue weighted by molar-refractivity contribution is 0.676. The van der Waals surface area contributed by atoms with Crippen molar-refractivity contribution in [1.82, 2.24) is 0 Å². The van der Waals surface area contributed by atoms with Crippen molar-refractivity contribution in [3.05, 3.63) is 95.1 Å². The van der Waals surface area contributed by atoms with Gasteiger partial charge in [0.05, 0.1) is 21.2 Å². The maximum Gasteiger partial charge on any atom is 0.0842 e. The van der Waals surface area contributed by atoms with Gasteiger partial charge in [0.25, 0.3) is 0 Å². The summed E-state index contributed by atoms with van der Waals surface area (Å²) in [6.07, 6.45) is 0. The first kappa shape index (κ1) is 17.4. The molecule has 0 radical (unpaired) electrons. The fraction of sp³-hybridized carbons (Fsp3) is 0.182. The summed E-state index contributed by atoms with van der Waals surface area (Å²) in [5.74, 6) is 0.407. The molecular formula is C22H23NOS. The molecule has 0 aliphatic rings. The van der Waals surface area contributed by atoms with Gasteiger partial charge in [-0.25, -0.2) is 4.21 Å². The first-order valence-electron chi connectivity index (χ1n) is 8.40. The number of hydrogen-bond acceptors (Lipinski definition) is 2. The summed E-state index contributed by atoms with van der Waals surface area (Å²) in [4.78, 5) is 0.776. The Morgan fingerprint density at radius 3 is 1.88 bits per heavy atom. The van der Waals surface area contributed by atoms with Crippen LogP contribution < -0.4 is 0 Å². The molecule has 1 atom stereocenters. The van der Waals surface area contributed by atoms with Crippen molar-refractivity contribution in [3.63, 3.8) is 0 Å². The van der Waals surface area contributed by atoms with Gasteiger partial charge in [0, 0.05) is 4.90 Å². The monoisotopic (exact) mass is 349 g/mol. The van der Waals surface area contributed by atoms with Gasteiger partial charge in [0.15, 0.2) is 0 Å². The summed E-state index contributed by atoms with van der Waals surface area (Å²) in [6.45, 7) is 6.14. The van der Waals surface area contributed by atoms with Crippen LogP contribution in [0.15, 0.2) is 82.1 Å². The zero-order valence-electron chi connectivity index (χ0n) is 14.9. The molecule has 3 rings (SSSR count). The first-order valence-corrected chi connectivity index (χ1v) is 10.1. The van der Waals surface area contributed by atoms with Crippen LogP contribution in [0.2, 0.25) is 0 Å². The first-order chi connectivity index (χ1) is 12.0. The van der Waals surface area contributed by atoms with Gasteiger partial charge < -0.3 is 0 Å². The van der Waals surface area contributed by atoms with Crippen LogP contribution in [0.3, 0.4) is 0 Å². The van der Waals surface area contributed by atoms with E-state index in [0.717, 1.165) is 27.3 Å². The van der Waals surface area contributed by atoms with E-state index >= 15 is 0 Å². The number of hydrogen-bond donors (Lipinski definition) is 0. The lowest BCUT2D eigenvalue weighted by Crippen LogP contribution is -2.05. The van der Waals surface area contributed by atoms with E-state index in [0.29, 0.717) is 5.75 Å². The highest BCUT2D eigenvalue weighted by molar-refractivity contribution is 7.93. The Bertz CT molecular complexity index is 962. The van der Waals surface area contributed by atoms with Crippen molar-refractivity contribution < 1.29 is 4.21 Å². The summed E-state index contributed by atoms with van der Waals surface area (Å²) in [6, 6.07) is 23.7. The Morgan fingerprint density at radius 2 is 1.32 bits per heavy atom. The van der Waals surface area contributed by atoms with Gasteiger partial charge in [-0.2, -0.15) is 4.36 Å². The lowest BCUT2D eigenvalue weighted by atomic mass is 10.1. The Labute approximate surface area is 150 Å². The average Bonchev–Trinajstić information content (AvgIpc) is 2.60. The minimum atomic E-state index is -2.61. The van der Waals surface area contributed by atoms with E-state index in [1.165, 1.54) is 5.56 Å². The quantitative estimate of drug-likeness (QED) is 0.570. The highest BCUT2D eigenvalue weighted by Gasteiger charge is 2.16. The van der Waals surface area contributed by atoms with Crippen LogP contribution in [0.4, 0.5) is 5.69 Å². The third-order valence-corrected chi connectivity index (χ3v) is 6.40. The van der Waals surface area contributed by atoms with Crippen molar-refractivity contribution in [3.8, 4) is 0 Å². The van der Waals surface area contributed by atoms with Crippen LogP contribution in [-0.4, -0.2) is 4.21 Å². The molecule has 0 aliphatic heterocycles. The Balaban J connectivity index is 2.20. The normalized spacial score (nSPS) is 13.2. The molecule has 2 nitrogen and oxygen atoms in total. The van der Waals surface area contributed by atoms with E-state index in [1.807, 2.05) is 74.5 Å². The molecule has 128 valence electrons. The molecule has 0 bridgehead atoms. The molecule has 0 fully saturated rings. The lowest BCUT2D eigenvalue weighted by Gasteiger charge is -2.14. The topological polar surface area (TPSA) is 29.4 Å². The Hall–Kier alpha value is -2.39. The smallest absolute Gasteiger partial charge is 0.0842 e. The summed E-state index contributed by atoms with van der Waals surface area (Å²) >= 11 is 0. The van der Waals surface area contributed by atoms with E-state index in [4.69, 9.17) is 4.36 Å². The molecule has 0 aromatic heterocycles. The standard InChI is InChI=1S/C22H23NOS/c1-17-14-18(2)22(19(3)15-17)23-25(24,21-12-8-5-9-13-21)16-20-10-6-4-7-11-20/h4-15H,16H2,1-3H3. The second-order valence-electron chi connectivity index (χ2n) is 6.42. The number of aryl methyl sites for hydroxylation is 3. The number of rotatable bonds is 4. The van der Waals surface area contributed by atoms with Crippen molar-refractivity contribution >= 4 is 15.4 Å². The molecule has 0 N–H and O–H groups in total.